The molecule has 0 fully saturated rings. The maximum atomic E-state index is 11.9. The van der Waals surface area contributed by atoms with Crippen molar-refractivity contribution < 1.29 is 29.0 Å². The third kappa shape index (κ3) is 25.8. The van der Waals surface area contributed by atoms with Gasteiger partial charge in [0.25, 0.3) is 0 Å². The number of unbranched alkanes of at least 4 members (excludes halogenated alkanes) is 14. The minimum absolute atomic E-state index is 0.136. The summed E-state index contributed by atoms with van der Waals surface area (Å²) in [4.78, 5) is 20.8. The van der Waals surface area contributed by atoms with Crippen LogP contribution in [0.25, 0.3) is 0 Å². The second-order valence-corrected chi connectivity index (χ2v) is 10.0. The first-order valence-electron chi connectivity index (χ1n) is 14.6. The van der Waals surface area contributed by atoms with E-state index in [1.54, 1.807) is 0 Å². The van der Waals surface area contributed by atoms with Crippen LogP contribution in [0.15, 0.2) is 0 Å². The minimum atomic E-state index is -1.08. The van der Waals surface area contributed by atoms with Crippen LogP contribution < -0.4 is 5.11 Å². The van der Waals surface area contributed by atoms with Crippen LogP contribution in [0.2, 0.25) is 0 Å². The SMILES string of the molecule is CC(=O)[O-].CCCCCCCCCCCCCCCCCC(=O)OCC(O)C[N+](CC)(CC)CC. The van der Waals surface area contributed by atoms with E-state index in [0.717, 1.165) is 43.9 Å². The van der Waals surface area contributed by atoms with Crippen LogP contribution in [0.3, 0.4) is 0 Å². The summed E-state index contributed by atoms with van der Waals surface area (Å²) in [6, 6.07) is 0. The summed E-state index contributed by atoms with van der Waals surface area (Å²) in [7, 11) is 0. The van der Waals surface area contributed by atoms with Crippen molar-refractivity contribution in [2.75, 3.05) is 32.8 Å². The maximum absolute atomic E-state index is 11.9. The highest BCUT2D eigenvalue weighted by Gasteiger charge is 2.25. The number of hydrogen-bond donors (Lipinski definition) is 1. The summed E-state index contributed by atoms with van der Waals surface area (Å²) >= 11 is 0. The van der Waals surface area contributed by atoms with Gasteiger partial charge in [0.05, 0.1) is 19.6 Å². The van der Waals surface area contributed by atoms with E-state index in [1.165, 1.54) is 83.5 Å². The van der Waals surface area contributed by atoms with Crippen LogP contribution in [0, 0.1) is 0 Å². The zero-order valence-electron chi connectivity index (χ0n) is 24.0. The lowest BCUT2D eigenvalue weighted by Gasteiger charge is -2.37. The molecule has 0 aliphatic heterocycles. The van der Waals surface area contributed by atoms with Gasteiger partial charge >= 0.3 is 5.97 Å². The Morgan fingerprint density at radius 2 is 1.06 bits per heavy atom. The van der Waals surface area contributed by atoms with Crippen LogP contribution in [0.4, 0.5) is 0 Å². The molecule has 0 saturated carbocycles. The number of carbonyl (C=O) groups excluding carboxylic acids is 2. The molecule has 0 saturated heterocycles. The molecule has 0 bridgehead atoms. The number of ether oxygens (including phenoxy) is 1. The fourth-order valence-corrected chi connectivity index (χ4v) is 4.46. The highest BCUT2D eigenvalue weighted by atomic mass is 16.5. The summed E-state index contributed by atoms with van der Waals surface area (Å²) in [5.41, 5.74) is 0. The van der Waals surface area contributed by atoms with E-state index in [2.05, 4.69) is 27.7 Å². The molecule has 0 aromatic heterocycles. The number of carbonyl (C=O) groups is 2. The lowest BCUT2D eigenvalue weighted by molar-refractivity contribution is -0.926. The number of nitrogens with zero attached hydrogens (tertiary/aromatic N) is 1. The van der Waals surface area contributed by atoms with Gasteiger partial charge < -0.3 is 24.2 Å². The van der Waals surface area contributed by atoms with Gasteiger partial charge in [0.1, 0.15) is 19.3 Å². The van der Waals surface area contributed by atoms with Crippen molar-refractivity contribution in [2.45, 2.75) is 143 Å². The molecule has 0 aliphatic carbocycles. The number of quaternary nitrogens is 1. The van der Waals surface area contributed by atoms with Gasteiger partial charge in [-0.05, 0) is 34.1 Å². The molecule has 1 atom stereocenters. The topological polar surface area (TPSA) is 86.7 Å². The average Bonchev–Trinajstić information content (AvgIpc) is 2.83. The zero-order valence-corrected chi connectivity index (χ0v) is 24.0. The van der Waals surface area contributed by atoms with Crippen molar-refractivity contribution in [3.63, 3.8) is 0 Å². The molecule has 0 rings (SSSR count). The first-order valence-corrected chi connectivity index (χ1v) is 14.6. The molecule has 210 valence electrons. The summed E-state index contributed by atoms with van der Waals surface area (Å²) in [6.07, 6.45) is 19.8. The lowest BCUT2D eigenvalue weighted by atomic mass is 10.0. The number of carboxylic acid groups (broad SMARTS) is 1. The zero-order chi connectivity index (χ0) is 26.8. The number of esters is 1. The molecular weight excluding hydrogens is 442 g/mol. The molecule has 0 amide bonds. The smallest absolute Gasteiger partial charge is 0.305 e. The van der Waals surface area contributed by atoms with Gasteiger partial charge in [-0.15, -0.1) is 0 Å². The van der Waals surface area contributed by atoms with Crippen LogP contribution in [0.1, 0.15) is 137 Å². The fraction of sp³-hybridized carbons (Fsp3) is 0.931. The number of aliphatic hydroxyl groups is 1. The van der Waals surface area contributed by atoms with Gasteiger partial charge in [-0.3, -0.25) is 4.79 Å². The molecule has 0 aliphatic rings. The van der Waals surface area contributed by atoms with Gasteiger partial charge in [-0.1, -0.05) is 96.8 Å². The monoisotopic (exact) mass is 501 g/mol. The lowest BCUT2D eigenvalue weighted by Crippen LogP contribution is -2.52. The van der Waals surface area contributed by atoms with Crippen molar-refractivity contribution in [2.24, 2.45) is 0 Å². The highest BCUT2D eigenvalue weighted by Crippen LogP contribution is 2.14. The summed E-state index contributed by atoms with van der Waals surface area (Å²) in [5, 5.41) is 19.1. The highest BCUT2D eigenvalue weighted by molar-refractivity contribution is 5.69. The molecular formula is C29H59NO5. The molecule has 0 heterocycles. The molecule has 0 radical (unpaired) electrons. The van der Waals surface area contributed by atoms with E-state index in [4.69, 9.17) is 14.6 Å². The number of likely N-dealkylation sites (N-methyl/N-ethyl adjacent to an activating group) is 1. The molecule has 1 unspecified atom stereocenters. The molecule has 6 heteroatoms. The third-order valence-electron chi connectivity index (χ3n) is 7.03. The van der Waals surface area contributed by atoms with Crippen LogP contribution >= 0.6 is 0 Å². The van der Waals surface area contributed by atoms with Gasteiger partial charge in [-0.25, -0.2) is 0 Å². The Labute approximate surface area is 217 Å². The summed E-state index contributed by atoms with van der Waals surface area (Å²) in [6.45, 7) is 13.5. The van der Waals surface area contributed by atoms with Gasteiger partial charge in [0.2, 0.25) is 0 Å². The van der Waals surface area contributed by atoms with Crippen molar-refractivity contribution >= 4 is 11.9 Å². The first kappa shape index (κ1) is 36.0. The molecule has 6 nitrogen and oxygen atoms in total. The third-order valence-corrected chi connectivity index (χ3v) is 7.03. The molecule has 35 heavy (non-hydrogen) atoms. The maximum Gasteiger partial charge on any atom is 0.305 e. The average molecular weight is 502 g/mol. The van der Waals surface area contributed by atoms with E-state index in [-0.39, 0.29) is 12.6 Å². The Kier molecular flexibility index (Phi) is 26.7. The Hall–Kier alpha value is -1.14. The van der Waals surface area contributed by atoms with Crippen LogP contribution in [0.5, 0.6) is 0 Å². The molecule has 0 aromatic rings. The Morgan fingerprint density at radius 1 is 0.714 bits per heavy atom. The largest absolute Gasteiger partial charge is 0.550 e. The predicted octanol–water partition coefficient (Wildman–Crippen LogP) is 5.78. The van der Waals surface area contributed by atoms with E-state index < -0.39 is 12.1 Å². The Morgan fingerprint density at radius 3 is 1.40 bits per heavy atom. The van der Waals surface area contributed by atoms with Gasteiger partial charge in [0.15, 0.2) is 0 Å². The predicted molar refractivity (Wildman–Crippen MR) is 144 cm³/mol. The number of aliphatic carboxylic acids is 1. The standard InChI is InChI=1S/C27H56NO3.C2H4O2/c1-5-9-10-11-12-13-14-15-16-17-18-19-20-21-22-23-27(30)31-25-26(29)24-28(6-2,7-3)8-4;1-2(3)4/h26,29H,5-25H2,1-4H3;1H3,(H,3,4)/q+1;/p-1. The summed E-state index contributed by atoms with van der Waals surface area (Å²) < 4.78 is 6.18. The van der Waals surface area contributed by atoms with E-state index in [9.17, 15) is 9.90 Å². The van der Waals surface area contributed by atoms with Crippen LogP contribution in [-0.4, -0.2) is 60.4 Å². The Balaban J connectivity index is 0. The van der Waals surface area contributed by atoms with E-state index in [1.807, 2.05) is 0 Å². The fourth-order valence-electron chi connectivity index (χ4n) is 4.46. The summed E-state index contributed by atoms with van der Waals surface area (Å²) in [5.74, 6) is -1.24. The number of hydrogen-bond acceptors (Lipinski definition) is 5. The van der Waals surface area contributed by atoms with Crippen LogP contribution in [-0.2, 0) is 14.3 Å². The van der Waals surface area contributed by atoms with Crippen molar-refractivity contribution in [1.29, 1.82) is 0 Å². The minimum Gasteiger partial charge on any atom is -0.550 e. The number of carboxylic acids is 1. The van der Waals surface area contributed by atoms with Crippen molar-refractivity contribution in [1.82, 2.24) is 0 Å². The normalized spacial score (nSPS) is 12.1. The molecule has 1 N–H and O–H groups in total. The first-order chi connectivity index (χ1) is 16.8. The molecule has 0 aromatic carbocycles. The van der Waals surface area contributed by atoms with Gasteiger partial charge in [0, 0.05) is 12.4 Å². The quantitative estimate of drug-likeness (QED) is 0.109. The second kappa shape index (κ2) is 25.9. The number of aliphatic hydroxyl groups excluding tert-OH is 1. The molecule has 0 spiro atoms. The van der Waals surface area contributed by atoms with Gasteiger partial charge in [-0.2, -0.15) is 0 Å². The van der Waals surface area contributed by atoms with Crippen molar-refractivity contribution in [3.05, 3.63) is 0 Å². The number of rotatable bonds is 23. The second-order valence-electron chi connectivity index (χ2n) is 10.0. The van der Waals surface area contributed by atoms with Crippen molar-refractivity contribution in [3.8, 4) is 0 Å². The van der Waals surface area contributed by atoms with E-state index >= 15 is 0 Å². The Bertz CT molecular complexity index is 467. The van der Waals surface area contributed by atoms with E-state index in [0.29, 0.717) is 13.0 Å².